The van der Waals surface area contributed by atoms with E-state index in [0.717, 1.165) is 17.5 Å². The van der Waals surface area contributed by atoms with Gasteiger partial charge in [-0.3, -0.25) is 0 Å². The largest absolute Gasteiger partial charge is 0.376 e. The summed E-state index contributed by atoms with van der Waals surface area (Å²) < 4.78 is 6.97. The van der Waals surface area contributed by atoms with Crippen molar-refractivity contribution < 1.29 is 4.74 Å². The fraction of sp³-hybridized carbons (Fsp3) is 0.571. The van der Waals surface area contributed by atoms with Crippen LogP contribution in [0.1, 0.15) is 18.9 Å². The molecule has 1 aromatic carbocycles. The van der Waals surface area contributed by atoms with E-state index < -0.39 is 0 Å². The maximum Gasteiger partial charge on any atom is 0.0757 e. The van der Waals surface area contributed by atoms with E-state index in [-0.39, 0.29) is 0 Å². The first-order valence-electron chi connectivity index (χ1n) is 6.24. The highest BCUT2D eigenvalue weighted by Gasteiger charge is 2.31. The van der Waals surface area contributed by atoms with Gasteiger partial charge >= 0.3 is 0 Å². The van der Waals surface area contributed by atoms with E-state index in [9.17, 15) is 0 Å². The van der Waals surface area contributed by atoms with Crippen LogP contribution in [0.25, 0.3) is 0 Å². The molecule has 0 spiro atoms. The minimum Gasteiger partial charge on any atom is -0.376 e. The lowest BCUT2D eigenvalue weighted by Crippen LogP contribution is -2.41. The van der Waals surface area contributed by atoms with Crippen molar-refractivity contribution in [2.75, 3.05) is 13.7 Å². The van der Waals surface area contributed by atoms with E-state index in [2.05, 4.69) is 52.4 Å². The average Bonchev–Trinajstić information content (AvgIpc) is 2.75. The molecule has 2 nitrogen and oxygen atoms in total. The molecule has 1 heterocycles. The third kappa shape index (κ3) is 3.30. The van der Waals surface area contributed by atoms with Gasteiger partial charge in [0.1, 0.15) is 0 Å². The van der Waals surface area contributed by atoms with Gasteiger partial charge in [0, 0.05) is 17.1 Å². The summed E-state index contributed by atoms with van der Waals surface area (Å²) in [4.78, 5) is 0. The molecule has 1 saturated heterocycles. The van der Waals surface area contributed by atoms with Gasteiger partial charge in [-0.25, -0.2) is 0 Å². The van der Waals surface area contributed by atoms with Gasteiger partial charge in [-0.15, -0.1) is 0 Å². The number of benzene rings is 1. The Balaban J connectivity index is 2.01. The van der Waals surface area contributed by atoms with Crippen LogP contribution >= 0.6 is 15.9 Å². The van der Waals surface area contributed by atoms with Crippen LogP contribution in [0, 0.1) is 5.92 Å². The smallest absolute Gasteiger partial charge is 0.0757 e. The Hall–Kier alpha value is -0.380. The topological polar surface area (TPSA) is 21.3 Å². The van der Waals surface area contributed by atoms with Gasteiger partial charge < -0.3 is 10.1 Å². The van der Waals surface area contributed by atoms with Crippen molar-refractivity contribution >= 4 is 15.9 Å². The van der Waals surface area contributed by atoms with E-state index in [0.29, 0.717) is 18.1 Å². The van der Waals surface area contributed by atoms with Crippen molar-refractivity contribution in [3.05, 3.63) is 34.3 Å². The number of ether oxygens (including phenoxy) is 1. The van der Waals surface area contributed by atoms with Crippen LogP contribution in [0.4, 0.5) is 0 Å². The molecule has 2 rings (SSSR count). The second-order valence-electron chi connectivity index (χ2n) is 4.83. The second-order valence-corrected chi connectivity index (χ2v) is 5.74. The van der Waals surface area contributed by atoms with E-state index in [1.165, 1.54) is 12.0 Å². The lowest BCUT2D eigenvalue weighted by atomic mass is 9.93. The van der Waals surface area contributed by atoms with Crippen LogP contribution in [0.2, 0.25) is 0 Å². The standard InChI is InChI=1S/C14H20BrNO/c1-10-7-8-17-14(10)13(16-2)9-11-3-5-12(15)6-4-11/h3-6,10,13-14,16H,7-9H2,1-2H3. The zero-order valence-electron chi connectivity index (χ0n) is 10.4. The van der Waals surface area contributed by atoms with Crippen LogP contribution < -0.4 is 5.32 Å². The molecule has 1 N–H and O–H groups in total. The molecule has 0 aromatic heterocycles. The predicted octanol–water partition coefficient (Wildman–Crippen LogP) is 3.00. The van der Waals surface area contributed by atoms with Crippen LogP contribution in [0.15, 0.2) is 28.7 Å². The molecule has 0 bridgehead atoms. The normalized spacial score (nSPS) is 26.1. The fourth-order valence-corrected chi connectivity index (χ4v) is 2.75. The molecule has 94 valence electrons. The molecule has 0 aliphatic carbocycles. The SMILES string of the molecule is CNC(Cc1ccc(Br)cc1)C1OCCC1C. The van der Waals surface area contributed by atoms with Crippen LogP contribution in [-0.4, -0.2) is 25.8 Å². The third-order valence-electron chi connectivity index (χ3n) is 3.58. The van der Waals surface area contributed by atoms with Crippen molar-refractivity contribution in [1.82, 2.24) is 5.32 Å². The minimum absolute atomic E-state index is 0.351. The Bertz CT molecular complexity index is 352. The van der Waals surface area contributed by atoms with Gasteiger partial charge in [-0.2, -0.15) is 0 Å². The highest BCUT2D eigenvalue weighted by atomic mass is 79.9. The van der Waals surface area contributed by atoms with Crippen molar-refractivity contribution in [3.8, 4) is 0 Å². The Kier molecular flexibility index (Phi) is 4.60. The van der Waals surface area contributed by atoms with Gasteiger partial charge in [-0.1, -0.05) is 35.0 Å². The minimum atomic E-state index is 0.351. The number of nitrogens with one attached hydrogen (secondary N) is 1. The average molecular weight is 298 g/mol. The summed E-state index contributed by atoms with van der Waals surface area (Å²) in [5.41, 5.74) is 1.36. The molecule has 0 radical (unpaired) electrons. The molecule has 17 heavy (non-hydrogen) atoms. The molecular formula is C14H20BrNO. The first-order chi connectivity index (χ1) is 8.20. The van der Waals surface area contributed by atoms with Crippen LogP contribution in [-0.2, 0) is 11.2 Å². The van der Waals surface area contributed by atoms with Crippen molar-refractivity contribution in [2.24, 2.45) is 5.92 Å². The predicted molar refractivity (Wildman–Crippen MR) is 74.2 cm³/mol. The van der Waals surface area contributed by atoms with E-state index >= 15 is 0 Å². The Morgan fingerprint density at radius 3 is 2.65 bits per heavy atom. The molecule has 1 fully saturated rings. The molecule has 0 amide bonds. The number of likely N-dealkylation sites (N-methyl/N-ethyl adjacent to an activating group) is 1. The van der Waals surface area contributed by atoms with E-state index in [1.54, 1.807) is 0 Å². The molecule has 3 unspecified atom stereocenters. The summed E-state index contributed by atoms with van der Waals surface area (Å²) in [6.07, 6.45) is 2.56. The highest BCUT2D eigenvalue weighted by Crippen LogP contribution is 2.24. The lowest BCUT2D eigenvalue weighted by Gasteiger charge is -2.25. The first-order valence-corrected chi connectivity index (χ1v) is 7.03. The van der Waals surface area contributed by atoms with Crippen molar-refractivity contribution in [1.29, 1.82) is 0 Å². The first kappa shape index (κ1) is 13.1. The summed E-state index contributed by atoms with van der Waals surface area (Å²) in [6, 6.07) is 8.96. The zero-order valence-corrected chi connectivity index (χ0v) is 12.0. The summed E-state index contributed by atoms with van der Waals surface area (Å²) in [6.45, 7) is 3.19. The molecule has 0 saturated carbocycles. The molecule has 3 heteroatoms. The summed E-state index contributed by atoms with van der Waals surface area (Å²) in [5, 5.41) is 3.40. The van der Waals surface area contributed by atoms with Crippen LogP contribution in [0.3, 0.4) is 0 Å². The second kappa shape index (κ2) is 5.98. The monoisotopic (exact) mass is 297 g/mol. The molecule has 1 aliphatic heterocycles. The third-order valence-corrected chi connectivity index (χ3v) is 4.11. The highest BCUT2D eigenvalue weighted by molar-refractivity contribution is 9.10. The quantitative estimate of drug-likeness (QED) is 0.922. The summed E-state index contributed by atoms with van der Waals surface area (Å²) in [7, 11) is 2.03. The molecule has 1 aliphatic rings. The molecular weight excluding hydrogens is 278 g/mol. The summed E-state index contributed by atoms with van der Waals surface area (Å²) in [5.74, 6) is 0.655. The van der Waals surface area contributed by atoms with Gasteiger partial charge in [0.25, 0.3) is 0 Å². The Morgan fingerprint density at radius 2 is 2.12 bits per heavy atom. The molecule has 1 aromatic rings. The Morgan fingerprint density at radius 1 is 1.41 bits per heavy atom. The maximum atomic E-state index is 5.84. The van der Waals surface area contributed by atoms with Gasteiger partial charge in [0.05, 0.1) is 6.10 Å². The summed E-state index contributed by atoms with van der Waals surface area (Å²) >= 11 is 3.46. The fourth-order valence-electron chi connectivity index (χ4n) is 2.49. The van der Waals surface area contributed by atoms with Crippen molar-refractivity contribution in [3.63, 3.8) is 0 Å². The molecule has 3 atom stereocenters. The van der Waals surface area contributed by atoms with Gasteiger partial charge in [0.2, 0.25) is 0 Å². The van der Waals surface area contributed by atoms with E-state index in [1.807, 2.05) is 7.05 Å². The lowest BCUT2D eigenvalue weighted by molar-refractivity contribution is 0.0634. The zero-order chi connectivity index (χ0) is 12.3. The number of halogens is 1. The Labute approximate surface area is 112 Å². The maximum absolute atomic E-state index is 5.84. The number of hydrogen-bond donors (Lipinski definition) is 1. The van der Waals surface area contributed by atoms with Gasteiger partial charge in [-0.05, 0) is 43.5 Å². The van der Waals surface area contributed by atoms with Crippen LogP contribution in [0.5, 0.6) is 0 Å². The number of rotatable bonds is 4. The van der Waals surface area contributed by atoms with Crippen molar-refractivity contribution in [2.45, 2.75) is 31.9 Å². The number of hydrogen-bond acceptors (Lipinski definition) is 2. The van der Waals surface area contributed by atoms with Gasteiger partial charge in [0.15, 0.2) is 0 Å². The van der Waals surface area contributed by atoms with E-state index in [4.69, 9.17) is 4.74 Å².